The van der Waals surface area contributed by atoms with Gasteiger partial charge in [-0.15, -0.1) is 11.3 Å². The molecule has 4 heterocycles. The van der Waals surface area contributed by atoms with E-state index in [9.17, 15) is 0 Å². The molecule has 0 fully saturated rings. The van der Waals surface area contributed by atoms with Gasteiger partial charge in [-0.05, 0) is 23.8 Å². The van der Waals surface area contributed by atoms with Crippen molar-refractivity contribution in [2.75, 3.05) is 6.73 Å². The van der Waals surface area contributed by atoms with E-state index in [2.05, 4.69) is 25.9 Å². The molecule has 30 heavy (non-hydrogen) atoms. The number of hydrogen-bond acceptors (Lipinski definition) is 7. The van der Waals surface area contributed by atoms with Gasteiger partial charge in [-0.2, -0.15) is 15.5 Å². The summed E-state index contributed by atoms with van der Waals surface area (Å²) in [4.78, 5) is 4.83. The molecule has 1 aromatic carbocycles. The molecule has 3 aromatic heterocycles. The summed E-state index contributed by atoms with van der Waals surface area (Å²) in [6.45, 7) is 1.44. The lowest BCUT2D eigenvalue weighted by Crippen LogP contribution is -2.23. The minimum atomic E-state index is 0.378. The molecular formula is C21H19N7OS. The van der Waals surface area contributed by atoms with Crippen LogP contribution in [0.5, 0.6) is 0 Å². The minimum absolute atomic E-state index is 0.378. The van der Waals surface area contributed by atoms with E-state index in [1.54, 1.807) is 17.4 Å². The van der Waals surface area contributed by atoms with Crippen LogP contribution in [-0.2, 0) is 31.4 Å². The summed E-state index contributed by atoms with van der Waals surface area (Å²) in [5.74, 6) is 0. The Morgan fingerprint density at radius 1 is 1.33 bits per heavy atom. The Morgan fingerprint density at radius 3 is 3.10 bits per heavy atom. The second-order valence-corrected chi connectivity index (χ2v) is 8.20. The third kappa shape index (κ3) is 3.47. The zero-order valence-corrected chi connectivity index (χ0v) is 17.2. The van der Waals surface area contributed by atoms with E-state index in [-0.39, 0.29) is 0 Å². The van der Waals surface area contributed by atoms with Crippen LogP contribution >= 0.6 is 11.3 Å². The van der Waals surface area contributed by atoms with Crippen LogP contribution in [0.25, 0.3) is 10.3 Å². The van der Waals surface area contributed by atoms with Crippen LogP contribution in [0.1, 0.15) is 33.1 Å². The third-order valence-electron chi connectivity index (χ3n) is 5.07. The number of H-pyrrole nitrogens is 1. The quantitative estimate of drug-likeness (QED) is 0.550. The van der Waals surface area contributed by atoms with Crippen molar-refractivity contribution in [3.8, 4) is 6.07 Å². The van der Waals surface area contributed by atoms with Crippen molar-refractivity contribution in [1.82, 2.24) is 24.8 Å². The summed E-state index contributed by atoms with van der Waals surface area (Å²) in [5.41, 5.74) is 5.71. The summed E-state index contributed by atoms with van der Waals surface area (Å²) in [6.07, 6.45) is 4.43. The molecule has 5 rings (SSSR count). The van der Waals surface area contributed by atoms with Crippen molar-refractivity contribution in [3.05, 3.63) is 69.6 Å². The van der Waals surface area contributed by atoms with Crippen LogP contribution in [0.3, 0.4) is 0 Å². The third-order valence-corrected chi connectivity index (χ3v) is 6.15. The molecule has 0 radical (unpaired) electrons. The second kappa shape index (κ2) is 7.74. The van der Waals surface area contributed by atoms with Crippen LogP contribution in [0.2, 0.25) is 0 Å². The predicted octanol–water partition coefficient (Wildman–Crippen LogP) is 3.14. The van der Waals surface area contributed by atoms with Gasteiger partial charge in [0.1, 0.15) is 11.7 Å². The lowest BCUT2D eigenvalue weighted by molar-refractivity contribution is 0.0123. The number of benzene rings is 1. The van der Waals surface area contributed by atoms with E-state index in [1.807, 2.05) is 48.7 Å². The fourth-order valence-corrected chi connectivity index (χ4v) is 4.72. The number of aryl methyl sites for hydroxylation is 1. The molecule has 0 spiro atoms. The first-order chi connectivity index (χ1) is 14.7. The van der Waals surface area contributed by atoms with Crippen molar-refractivity contribution >= 4 is 27.9 Å². The van der Waals surface area contributed by atoms with Gasteiger partial charge in [0.05, 0.1) is 47.1 Å². The standard InChI is InChI=1S/C21H19N7OS/c1-27-18-12-29-13-28(11-15-4-2-3-14(7-15)9-22)24-10-17(18)20-21(27)25-19(30-20)8-16-5-6-23-26-16/h2-7,10H,8,11-13H2,1H3,(H,23,26)/b24-10-. The number of aromatic nitrogens is 4. The molecule has 1 aliphatic rings. The number of ether oxygens (including phenoxy) is 1. The Hall–Kier alpha value is -3.48. The number of nitriles is 1. The second-order valence-electron chi connectivity index (χ2n) is 7.12. The topological polar surface area (TPSA) is 95.1 Å². The Morgan fingerprint density at radius 2 is 2.27 bits per heavy atom. The van der Waals surface area contributed by atoms with E-state index in [1.165, 1.54) is 0 Å². The van der Waals surface area contributed by atoms with Gasteiger partial charge in [0.25, 0.3) is 0 Å². The molecule has 0 saturated heterocycles. The average molecular weight is 417 g/mol. The zero-order chi connectivity index (χ0) is 20.5. The van der Waals surface area contributed by atoms with Gasteiger partial charge >= 0.3 is 0 Å². The number of thiazole rings is 1. The van der Waals surface area contributed by atoms with Crippen molar-refractivity contribution in [2.24, 2.45) is 12.1 Å². The largest absolute Gasteiger partial charge is 0.353 e. The highest BCUT2D eigenvalue weighted by atomic mass is 32.1. The molecule has 0 saturated carbocycles. The molecule has 150 valence electrons. The molecule has 1 N–H and O–H groups in total. The number of rotatable bonds is 4. The van der Waals surface area contributed by atoms with Crippen LogP contribution in [-0.4, -0.2) is 37.7 Å². The fourth-order valence-electron chi connectivity index (χ4n) is 3.58. The summed E-state index contributed by atoms with van der Waals surface area (Å²) < 4.78 is 9.13. The zero-order valence-electron chi connectivity index (χ0n) is 16.4. The number of hydrazone groups is 1. The molecular weight excluding hydrogens is 398 g/mol. The van der Waals surface area contributed by atoms with E-state index in [0.29, 0.717) is 31.9 Å². The molecule has 0 unspecified atom stereocenters. The monoisotopic (exact) mass is 417 g/mol. The van der Waals surface area contributed by atoms with Crippen LogP contribution < -0.4 is 0 Å². The maximum atomic E-state index is 9.11. The highest BCUT2D eigenvalue weighted by Crippen LogP contribution is 2.31. The molecule has 0 aliphatic carbocycles. The number of aromatic amines is 1. The summed E-state index contributed by atoms with van der Waals surface area (Å²) in [7, 11) is 2.02. The van der Waals surface area contributed by atoms with Crippen LogP contribution in [0.4, 0.5) is 0 Å². The first kappa shape index (κ1) is 18.5. The number of hydrogen-bond donors (Lipinski definition) is 1. The molecule has 0 bridgehead atoms. The first-order valence-corrected chi connectivity index (χ1v) is 10.3. The predicted molar refractivity (Wildman–Crippen MR) is 114 cm³/mol. The van der Waals surface area contributed by atoms with Gasteiger partial charge in [-0.25, -0.2) is 4.98 Å². The Labute approximate surface area is 177 Å². The Kier molecular flexibility index (Phi) is 4.78. The minimum Gasteiger partial charge on any atom is -0.353 e. The maximum Gasteiger partial charge on any atom is 0.152 e. The lowest BCUT2D eigenvalue weighted by Gasteiger charge is -2.21. The maximum absolute atomic E-state index is 9.11. The smallest absolute Gasteiger partial charge is 0.152 e. The molecule has 4 aromatic rings. The summed E-state index contributed by atoms with van der Waals surface area (Å²) in [5, 5.41) is 23.7. The fraction of sp³-hybridized carbons (Fsp3) is 0.238. The van der Waals surface area contributed by atoms with Gasteiger partial charge in [-0.1, -0.05) is 12.1 Å². The van der Waals surface area contributed by atoms with Crippen molar-refractivity contribution in [1.29, 1.82) is 5.26 Å². The number of nitrogens with zero attached hydrogens (tertiary/aromatic N) is 6. The molecule has 0 atom stereocenters. The van der Waals surface area contributed by atoms with Crippen molar-refractivity contribution in [3.63, 3.8) is 0 Å². The van der Waals surface area contributed by atoms with E-state index in [4.69, 9.17) is 15.0 Å². The lowest BCUT2D eigenvalue weighted by atomic mass is 10.1. The first-order valence-electron chi connectivity index (χ1n) is 9.52. The Bertz CT molecular complexity index is 1260. The highest BCUT2D eigenvalue weighted by Gasteiger charge is 2.21. The van der Waals surface area contributed by atoms with Gasteiger partial charge in [0.2, 0.25) is 0 Å². The summed E-state index contributed by atoms with van der Waals surface area (Å²) in [6, 6.07) is 11.7. The van der Waals surface area contributed by atoms with Crippen molar-refractivity contribution < 1.29 is 4.74 Å². The summed E-state index contributed by atoms with van der Waals surface area (Å²) >= 11 is 1.67. The van der Waals surface area contributed by atoms with Gasteiger partial charge in [-0.3, -0.25) is 10.1 Å². The Balaban J connectivity index is 1.44. The van der Waals surface area contributed by atoms with Crippen molar-refractivity contribution in [2.45, 2.75) is 19.6 Å². The highest BCUT2D eigenvalue weighted by molar-refractivity contribution is 7.19. The average Bonchev–Trinajstić information content (AvgIpc) is 3.44. The number of nitrogens with one attached hydrogen (secondary N) is 1. The van der Waals surface area contributed by atoms with Gasteiger partial charge in [0.15, 0.2) is 5.65 Å². The van der Waals surface area contributed by atoms with Gasteiger partial charge in [0, 0.05) is 25.2 Å². The van der Waals surface area contributed by atoms with Crippen LogP contribution in [0, 0.1) is 11.3 Å². The molecule has 9 heteroatoms. The van der Waals surface area contributed by atoms with E-state index < -0.39 is 0 Å². The van der Waals surface area contributed by atoms with E-state index >= 15 is 0 Å². The molecule has 0 amide bonds. The van der Waals surface area contributed by atoms with Gasteiger partial charge < -0.3 is 9.30 Å². The SMILES string of the molecule is Cn1c2c(c3sc(Cc4cc[nH]n4)nc31)/C=N\N(Cc1cccc(C#N)c1)COC2. The molecule has 1 aliphatic heterocycles. The normalized spacial score (nSPS) is 14.9. The number of fused-ring (bicyclic) bond motifs is 3. The molecule has 8 nitrogen and oxygen atoms in total. The van der Waals surface area contributed by atoms with Crippen LogP contribution in [0.15, 0.2) is 41.6 Å². The van der Waals surface area contributed by atoms with E-state index in [0.717, 1.165) is 37.9 Å².